The summed E-state index contributed by atoms with van der Waals surface area (Å²) in [6.45, 7) is 9.22. The Morgan fingerprint density at radius 2 is 1.06 bits per heavy atom. The maximum atomic E-state index is 6.77. The summed E-state index contributed by atoms with van der Waals surface area (Å²) < 4.78 is 13.0. The molecule has 82 heavy (non-hydrogen) atoms. The molecule has 7 heteroatoms. The van der Waals surface area contributed by atoms with Gasteiger partial charge in [-0.15, -0.1) is 48.0 Å². The van der Waals surface area contributed by atoms with Gasteiger partial charge < -0.3 is 8.98 Å². The quantitative estimate of drug-likeness (QED) is 0.107. The second kappa shape index (κ2) is 22.8. The summed E-state index contributed by atoms with van der Waals surface area (Å²) in [6.07, 6.45) is 4.13. The first-order valence-corrected chi connectivity index (χ1v) is 36.1. The molecule has 17 rings (SSSR count). The first-order valence-electron chi connectivity index (χ1n) is 28.8. The third kappa shape index (κ3) is 10.5. The van der Waals surface area contributed by atoms with Crippen molar-refractivity contribution in [3.63, 3.8) is 0 Å². The van der Waals surface area contributed by atoms with Gasteiger partial charge in [-0.3, -0.25) is 4.98 Å². The summed E-state index contributed by atoms with van der Waals surface area (Å²) >= 11 is -1.92. The molecule has 1 radical (unpaired) electrons. The second-order valence-corrected chi connectivity index (χ2v) is 34.1. The number of para-hydroxylation sites is 4. The van der Waals surface area contributed by atoms with Crippen LogP contribution in [0.25, 0.3) is 100 Å². The van der Waals surface area contributed by atoms with Gasteiger partial charge in [-0.2, -0.15) is 0 Å². The summed E-state index contributed by atoms with van der Waals surface area (Å²) in [6, 6.07) is 83.5. The van der Waals surface area contributed by atoms with Crippen LogP contribution >= 0.6 is 0 Å². The Bertz CT molecular complexity index is 4400. The zero-order chi connectivity index (χ0) is 55.4. The van der Waals surface area contributed by atoms with Crippen LogP contribution < -0.4 is 4.40 Å². The standard InChI is InChI=1S/C46H43GeN2O.C29H23N2.Ir/c1-29(2)39-26-34(32-20-23-35(24-21-32)47(5,6)7)27-40(30(3)4)44(39)49-42-19-12-11-18-41(42)48-46(49)38-17-13-16-37-36-25-22-33(28-43(36)50-45(37)38)31-14-9-8-10-15-31;1-2-6-25(7-3-1)29-30-26-8-4-5-9-27(26)31(29)28-20-23-15-14-21-10-12-22(13-11-21)16-18-24(28)19-17-23;/h8-16,18-30H,1-7H3;1-6,8-13,17,19-20H,14-16,18H2;/q2*-1;. The molecule has 10 aromatic carbocycles. The van der Waals surface area contributed by atoms with E-state index in [1.807, 2.05) is 24.3 Å². The van der Waals surface area contributed by atoms with Gasteiger partial charge in [0.15, 0.2) is 0 Å². The summed E-state index contributed by atoms with van der Waals surface area (Å²) in [5.41, 5.74) is 23.2. The molecular weight excluding hydrogens is 1240 g/mol. The van der Waals surface area contributed by atoms with Crippen LogP contribution in [0.4, 0.5) is 0 Å². The van der Waals surface area contributed by atoms with E-state index in [-0.39, 0.29) is 31.9 Å². The van der Waals surface area contributed by atoms with E-state index in [0.717, 1.165) is 98.0 Å². The van der Waals surface area contributed by atoms with Gasteiger partial charge in [0.1, 0.15) is 5.58 Å². The van der Waals surface area contributed by atoms with E-state index in [9.17, 15) is 0 Å². The third-order valence-corrected chi connectivity index (χ3v) is 20.7. The van der Waals surface area contributed by atoms with E-state index in [1.54, 1.807) is 0 Å². The Morgan fingerprint density at radius 3 is 1.72 bits per heavy atom. The number of rotatable bonds is 9. The van der Waals surface area contributed by atoms with Gasteiger partial charge in [0.2, 0.25) is 0 Å². The van der Waals surface area contributed by atoms with Gasteiger partial charge in [-0.05, 0) is 83.3 Å². The molecule has 3 aromatic heterocycles. The number of aryl methyl sites for hydroxylation is 4. The Labute approximate surface area is 498 Å². The topological polar surface area (TPSA) is 48.8 Å². The average molecular weight is 1300 g/mol. The van der Waals surface area contributed by atoms with Gasteiger partial charge >= 0.3 is 201 Å². The molecule has 4 aliphatic rings. The van der Waals surface area contributed by atoms with Gasteiger partial charge in [-0.25, -0.2) is 0 Å². The van der Waals surface area contributed by atoms with Gasteiger partial charge in [0, 0.05) is 31.2 Å². The van der Waals surface area contributed by atoms with Crippen LogP contribution in [-0.2, 0) is 45.8 Å². The number of imidazole rings is 2. The SMILES string of the molecule is CC(C)c1cc(-c2cc[c]([Ge]([CH3])([CH3])[CH3])cc2)cc(C(C)C)c1-n1c(-c2[c-]ccc3c2oc2cc(-c4ccccc4)ccc23)nc2ccccc21.[Ir].[c-]1ccccc1-c1nc2ccccc2n1-c1cc2ccc1CCc1ccc(cc1)CC2. The predicted molar refractivity (Wildman–Crippen MR) is 341 cm³/mol. The monoisotopic (exact) mass is 1310 g/mol. The Balaban J connectivity index is 0.000000178. The minimum atomic E-state index is -1.92. The number of fused-ring (bicyclic) bond motifs is 5. The van der Waals surface area contributed by atoms with E-state index < -0.39 is 13.3 Å². The van der Waals surface area contributed by atoms with E-state index in [4.69, 9.17) is 14.4 Å². The van der Waals surface area contributed by atoms with Crippen LogP contribution in [0, 0.1) is 12.1 Å². The summed E-state index contributed by atoms with van der Waals surface area (Å²) in [7, 11) is 0. The van der Waals surface area contributed by atoms with Crippen LogP contribution in [0.5, 0.6) is 0 Å². The van der Waals surface area contributed by atoms with E-state index in [0.29, 0.717) is 0 Å². The fraction of sp³-hybridized carbons (Fsp3) is 0.173. The molecule has 0 amide bonds. The molecule has 407 valence electrons. The third-order valence-electron chi connectivity index (χ3n) is 16.4. The molecular formula is C75H66GeIrN4O-2. The maximum Gasteiger partial charge on any atom is 0.0774 e. The molecule has 0 unspecified atom stereocenters. The summed E-state index contributed by atoms with van der Waals surface area (Å²) in [4.78, 5) is 10.4. The van der Waals surface area contributed by atoms with Gasteiger partial charge in [0.05, 0.1) is 16.9 Å². The number of hydrogen-bond donors (Lipinski definition) is 0. The predicted octanol–water partition coefficient (Wildman–Crippen LogP) is 18.9. The van der Waals surface area contributed by atoms with Crippen molar-refractivity contribution in [2.45, 2.75) is 82.5 Å². The second-order valence-electron chi connectivity index (χ2n) is 23.5. The molecule has 0 N–H and O–H groups in total. The minimum Gasteiger partial charge on any atom is -0.333 e. The minimum absolute atomic E-state index is 0. The molecule has 0 saturated heterocycles. The van der Waals surface area contributed by atoms with Crippen molar-refractivity contribution in [2.75, 3.05) is 0 Å². The number of benzene rings is 10. The van der Waals surface area contributed by atoms with Crippen molar-refractivity contribution in [3.05, 3.63) is 258 Å². The molecule has 4 aliphatic carbocycles. The molecule has 0 spiro atoms. The van der Waals surface area contributed by atoms with Crippen LogP contribution in [0.3, 0.4) is 0 Å². The van der Waals surface area contributed by atoms with Crippen LogP contribution in [-0.4, -0.2) is 32.4 Å². The van der Waals surface area contributed by atoms with E-state index in [2.05, 4.69) is 254 Å². The van der Waals surface area contributed by atoms with Crippen molar-refractivity contribution in [2.24, 2.45) is 0 Å². The van der Waals surface area contributed by atoms with Crippen molar-refractivity contribution >= 4 is 61.7 Å². The molecule has 0 fully saturated rings. The summed E-state index contributed by atoms with van der Waals surface area (Å²) in [5, 5.41) is 2.16. The number of aromatic nitrogens is 4. The Hall–Kier alpha value is -7.87. The van der Waals surface area contributed by atoms with Gasteiger partial charge in [-0.1, -0.05) is 102 Å². The van der Waals surface area contributed by atoms with Crippen LogP contribution in [0.15, 0.2) is 217 Å². The Morgan fingerprint density at radius 1 is 0.476 bits per heavy atom. The van der Waals surface area contributed by atoms with E-state index >= 15 is 0 Å². The fourth-order valence-corrected chi connectivity index (χ4v) is 14.3. The van der Waals surface area contributed by atoms with Crippen molar-refractivity contribution in [1.82, 2.24) is 19.1 Å². The molecule has 0 saturated carbocycles. The van der Waals surface area contributed by atoms with E-state index in [1.165, 1.54) is 65.8 Å². The summed E-state index contributed by atoms with van der Waals surface area (Å²) in [5.74, 6) is 9.72. The molecule has 0 atom stereocenters. The number of furan rings is 1. The van der Waals surface area contributed by atoms with Crippen LogP contribution in [0.2, 0.25) is 17.3 Å². The fourth-order valence-electron chi connectivity index (χ4n) is 11.9. The Kier molecular flexibility index (Phi) is 15.2. The molecule has 4 bridgehead atoms. The smallest absolute Gasteiger partial charge is 0.0774 e. The molecule has 13 aromatic rings. The zero-order valence-electron chi connectivity index (χ0n) is 47.7. The maximum absolute atomic E-state index is 6.77. The molecule has 5 nitrogen and oxygen atoms in total. The first-order chi connectivity index (χ1) is 39.4. The largest absolute Gasteiger partial charge is 0.333 e. The van der Waals surface area contributed by atoms with Crippen molar-refractivity contribution in [1.29, 1.82) is 0 Å². The first kappa shape index (κ1) is 54.7. The van der Waals surface area contributed by atoms with Crippen molar-refractivity contribution in [3.8, 4) is 56.4 Å². The number of hydrogen-bond acceptors (Lipinski definition) is 3. The van der Waals surface area contributed by atoms with Crippen LogP contribution in [0.1, 0.15) is 72.9 Å². The average Bonchev–Trinajstić information content (AvgIpc) is 4.29. The zero-order valence-corrected chi connectivity index (χ0v) is 52.2. The van der Waals surface area contributed by atoms with Crippen molar-refractivity contribution < 1.29 is 24.5 Å². The van der Waals surface area contributed by atoms with Gasteiger partial charge in [0.25, 0.3) is 0 Å². The normalized spacial score (nSPS) is 12.5. The molecule has 3 heterocycles. The number of nitrogens with zero attached hydrogens (tertiary/aromatic N) is 4. The molecule has 0 aliphatic heterocycles.